The fourth-order valence-electron chi connectivity index (χ4n) is 2.31. The van der Waals surface area contributed by atoms with Crippen molar-refractivity contribution in [1.29, 1.82) is 0 Å². The third-order valence-corrected chi connectivity index (χ3v) is 3.71. The monoisotopic (exact) mass is 363 g/mol. The molecule has 0 heterocycles. The molecule has 0 spiro atoms. The fourth-order valence-corrected chi connectivity index (χ4v) is 2.31. The van der Waals surface area contributed by atoms with Gasteiger partial charge in [-0.3, -0.25) is 14.4 Å². The molecule has 0 unspecified atom stereocenters. The molecule has 2 N–H and O–H groups in total. The van der Waals surface area contributed by atoms with E-state index in [4.69, 9.17) is 4.74 Å². The van der Waals surface area contributed by atoms with Crippen LogP contribution in [-0.2, 0) is 19.1 Å². The molecular weight excluding hydrogens is 334 g/mol. The van der Waals surface area contributed by atoms with E-state index in [1.165, 1.54) is 4.90 Å². The smallest absolute Gasteiger partial charge is 0.243 e. The van der Waals surface area contributed by atoms with Crippen LogP contribution in [0.1, 0.15) is 31.7 Å². The minimum atomic E-state index is -0.356. The van der Waals surface area contributed by atoms with Crippen LogP contribution in [0.2, 0.25) is 0 Å². The van der Waals surface area contributed by atoms with Gasteiger partial charge in [0.1, 0.15) is 0 Å². The number of benzene rings is 1. The Labute approximate surface area is 155 Å². The first-order valence-corrected chi connectivity index (χ1v) is 8.86. The molecule has 1 rings (SSSR count). The Morgan fingerprint density at radius 3 is 2.42 bits per heavy atom. The number of ether oxygens (including phenoxy) is 1. The van der Waals surface area contributed by atoms with Gasteiger partial charge in [-0.1, -0.05) is 24.6 Å². The number of hydrogen-bond donors (Lipinski definition) is 2. The molecule has 7 heteroatoms. The number of carbonyl (C=O) groups is 3. The topological polar surface area (TPSA) is 87.7 Å². The summed E-state index contributed by atoms with van der Waals surface area (Å²) in [6, 6.07) is 7.39. The highest BCUT2D eigenvalue weighted by atomic mass is 16.5. The number of methoxy groups -OCH3 is 1. The van der Waals surface area contributed by atoms with Crippen LogP contribution in [0.5, 0.6) is 0 Å². The fraction of sp³-hybridized carbons (Fsp3) is 0.526. The van der Waals surface area contributed by atoms with Gasteiger partial charge in [-0.05, 0) is 31.9 Å². The van der Waals surface area contributed by atoms with Crippen LogP contribution < -0.4 is 10.6 Å². The summed E-state index contributed by atoms with van der Waals surface area (Å²) >= 11 is 0. The summed E-state index contributed by atoms with van der Waals surface area (Å²) < 4.78 is 4.99. The molecule has 0 bridgehead atoms. The number of nitrogens with one attached hydrogen (secondary N) is 2. The van der Waals surface area contributed by atoms with Gasteiger partial charge in [-0.25, -0.2) is 0 Å². The Bertz CT molecular complexity index is 587. The van der Waals surface area contributed by atoms with E-state index in [-0.39, 0.29) is 30.8 Å². The maximum absolute atomic E-state index is 12.1. The Kier molecular flexibility index (Phi) is 10.0. The van der Waals surface area contributed by atoms with Crippen LogP contribution in [0.25, 0.3) is 0 Å². The van der Waals surface area contributed by atoms with Crippen molar-refractivity contribution in [3.63, 3.8) is 0 Å². The van der Waals surface area contributed by atoms with E-state index in [1.807, 2.05) is 26.0 Å². The Morgan fingerprint density at radius 2 is 1.81 bits per heavy atom. The van der Waals surface area contributed by atoms with Gasteiger partial charge in [-0.2, -0.15) is 0 Å². The van der Waals surface area contributed by atoms with Gasteiger partial charge in [0.25, 0.3) is 0 Å². The van der Waals surface area contributed by atoms with Crippen molar-refractivity contribution in [3.05, 3.63) is 29.8 Å². The van der Waals surface area contributed by atoms with E-state index in [9.17, 15) is 14.4 Å². The highest BCUT2D eigenvalue weighted by Gasteiger charge is 2.16. The number of rotatable bonds is 11. The summed E-state index contributed by atoms with van der Waals surface area (Å²) in [4.78, 5) is 37.6. The molecule has 0 saturated heterocycles. The summed E-state index contributed by atoms with van der Waals surface area (Å²) in [7, 11) is 1.59. The second kappa shape index (κ2) is 12.0. The molecule has 0 atom stereocenters. The molecule has 0 fully saturated rings. The van der Waals surface area contributed by atoms with Crippen molar-refractivity contribution in [3.8, 4) is 0 Å². The van der Waals surface area contributed by atoms with Gasteiger partial charge < -0.3 is 20.3 Å². The van der Waals surface area contributed by atoms with E-state index in [2.05, 4.69) is 10.6 Å². The number of amides is 3. The number of hydrogen-bond acceptors (Lipinski definition) is 4. The van der Waals surface area contributed by atoms with Gasteiger partial charge in [0, 0.05) is 32.4 Å². The van der Waals surface area contributed by atoms with Crippen molar-refractivity contribution in [2.24, 2.45) is 0 Å². The highest BCUT2D eigenvalue weighted by Crippen LogP contribution is 2.08. The van der Waals surface area contributed by atoms with Crippen LogP contribution in [0.3, 0.4) is 0 Å². The van der Waals surface area contributed by atoms with Gasteiger partial charge >= 0.3 is 0 Å². The molecule has 0 aliphatic heterocycles. The lowest BCUT2D eigenvalue weighted by molar-refractivity contribution is -0.136. The number of nitrogens with zero attached hydrogens (tertiary/aromatic N) is 1. The lowest BCUT2D eigenvalue weighted by atomic mass is 10.2. The first kappa shape index (κ1) is 21.6. The normalized spacial score (nSPS) is 10.3. The third-order valence-electron chi connectivity index (χ3n) is 3.71. The molecule has 26 heavy (non-hydrogen) atoms. The SMILES string of the molecule is CCCC(=O)N(CCCOC)CC(=O)NCC(=O)Nc1ccc(C)cc1. The van der Waals surface area contributed by atoms with Crippen LogP contribution in [0, 0.1) is 6.92 Å². The number of aryl methyl sites for hydroxylation is 1. The molecule has 144 valence electrons. The van der Waals surface area contributed by atoms with Crippen molar-refractivity contribution >= 4 is 23.4 Å². The predicted molar refractivity (Wildman–Crippen MR) is 101 cm³/mol. The average Bonchev–Trinajstić information content (AvgIpc) is 2.61. The van der Waals surface area contributed by atoms with Gasteiger partial charge in [0.15, 0.2) is 0 Å². The minimum Gasteiger partial charge on any atom is -0.385 e. The maximum Gasteiger partial charge on any atom is 0.243 e. The Hall–Kier alpha value is -2.41. The lowest BCUT2D eigenvalue weighted by Crippen LogP contribution is -2.43. The molecule has 0 aliphatic carbocycles. The first-order chi connectivity index (χ1) is 12.5. The summed E-state index contributed by atoms with van der Waals surface area (Å²) in [5, 5.41) is 5.27. The summed E-state index contributed by atoms with van der Waals surface area (Å²) in [6.07, 6.45) is 1.78. The van der Waals surface area contributed by atoms with E-state index >= 15 is 0 Å². The molecule has 0 saturated carbocycles. The molecule has 0 radical (unpaired) electrons. The molecule has 1 aromatic carbocycles. The first-order valence-electron chi connectivity index (χ1n) is 8.86. The predicted octanol–water partition coefficient (Wildman–Crippen LogP) is 1.71. The highest BCUT2D eigenvalue weighted by molar-refractivity contribution is 5.95. The molecule has 0 aliphatic rings. The molecule has 7 nitrogen and oxygen atoms in total. The van der Waals surface area contributed by atoms with Gasteiger partial charge in [0.05, 0.1) is 13.1 Å². The van der Waals surface area contributed by atoms with Crippen molar-refractivity contribution in [1.82, 2.24) is 10.2 Å². The molecule has 1 aromatic rings. The van der Waals surface area contributed by atoms with Crippen LogP contribution >= 0.6 is 0 Å². The zero-order valence-electron chi connectivity index (χ0n) is 15.8. The van der Waals surface area contributed by atoms with E-state index in [0.29, 0.717) is 31.7 Å². The maximum atomic E-state index is 12.1. The zero-order valence-corrected chi connectivity index (χ0v) is 15.8. The van der Waals surface area contributed by atoms with Crippen molar-refractivity contribution in [2.45, 2.75) is 33.1 Å². The number of carbonyl (C=O) groups excluding carboxylic acids is 3. The summed E-state index contributed by atoms with van der Waals surface area (Å²) in [5.41, 5.74) is 1.77. The standard InChI is InChI=1S/C19H29N3O4/c1-4-6-19(25)22(11-5-12-26-3)14-18(24)20-13-17(23)21-16-9-7-15(2)8-10-16/h7-10H,4-6,11-14H2,1-3H3,(H,20,24)(H,21,23). The quantitative estimate of drug-likeness (QED) is 0.586. The Balaban J connectivity index is 2.43. The van der Waals surface area contributed by atoms with Crippen LogP contribution in [0.4, 0.5) is 5.69 Å². The van der Waals surface area contributed by atoms with Crippen LogP contribution in [-0.4, -0.2) is 56.0 Å². The van der Waals surface area contributed by atoms with Crippen molar-refractivity contribution < 1.29 is 19.1 Å². The zero-order chi connectivity index (χ0) is 19.4. The number of anilines is 1. The second-order valence-electron chi connectivity index (χ2n) is 6.10. The second-order valence-corrected chi connectivity index (χ2v) is 6.10. The van der Waals surface area contributed by atoms with E-state index in [0.717, 1.165) is 12.0 Å². The third kappa shape index (κ3) is 8.62. The largest absolute Gasteiger partial charge is 0.385 e. The molecular formula is C19H29N3O4. The van der Waals surface area contributed by atoms with Gasteiger partial charge in [0.2, 0.25) is 17.7 Å². The van der Waals surface area contributed by atoms with Gasteiger partial charge in [-0.15, -0.1) is 0 Å². The van der Waals surface area contributed by atoms with Crippen molar-refractivity contribution in [2.75, 3.05) is 38.7 Å². The van der Waals surface area contributed by atoms with E-state index in [1.54, 1.807) is 19.2 Å². The van der Waals surface area contributed by atoms with Crippen LogP contribution in [0.15, 0.2) is 24.3 Å². The molecule has 0 aromatic heterocycles. The average molecular weight is 363 g/mol. The summed E-state index contributed by atoms with van der Waals surface area (Å²) in [6.45, 7) is 4.66. The molecule has 3 amide bonds. The van der Waals surface area contributed by atoms with E-state index < -0.39 is 0 Å². The lowest BCUT2D eigenvalue weighted by Gasteiger charge is -2.22. The minimum absolute atomic E-state index is 0.0552. The summed E-state index contributed by atoms with van der Waals surface area (Å²) in [5.74, 6) is -0.734. The Morgan fingerprint density at radius 1 is 1.12 bits per heavy atom.